The van der Waals surface area contributed by atoms with Crippen LogP contribution in [0.4, 0.5) is 10.1 Å². The highest BCUT2D eigenvalue weighted by Gasteiger charge is 2.39. The molecular formula is C17H14BrFN2. The van der Waals surface area contributed by atoms with Crippen LogP contribution in [0.5, 0.6) is 0 Å². The van der Waals surface area contributed by atoms with Gasteiger partial charge in [-0.15, -0.1) is 0 Å². The van der Waals surface area contributed by atoms with Crippen molar-refractivity contribution in [3.05, 3.63) is 70.2 Å². The first kappa shape index (κ1) is 13.0. The minimum absolute atomic E-state index is 0.121. The first-order valence-corrected chi connectivity index (χ1v) is 7.85. The first-order valence-electron chi connectivity index (χ1n) is 7.06. The zero-order chi connectivity index (χ0) is 14.4. The van der Waals surface area contributed by atoms with Gasteiger partial charge >= 0.3 is 0 Å². The number of anilines is 1. The average Bonchev–Trinajstić information content (AvgIpc) is 2.97. The predicted octanol–water partition coefficient (Wildman–Crippen LogP) is 4.81. The molecule has 1 N–H and O–H groups in total. The fourth-order valence-corrected chi connectivity index (χ4v) is 3.97. The van der Waals surface area contributed by atoms with Gasteiger partial charge in [0.25, 0.3) is 0 Å². The molecule has 3 atom stereocenters. The highest BCUT2D eigenvalue weighted by molar-refractivity contribution is 9.10. The quantitative estimate of drug-likeness (QED) is 0.751. The number of hydrogen-bond acceptors (Lipinski definition) is 2. The van der Waals surface area contributed by atoms with Gasteiger partial charge in [0.15, 0.2) is 0 Å². The molecule has 1 aromatic heterocycles. The molecule has 0 amide bonds. The van der Waals surface area contributed by atoms with Gasteiger partial charge in [0.2, 0.25) is 0 Å². The molecule has 0 radical (unpaired) electrons. The number of fused-ring (bicyclic) bond motifs is 3. The number of pyridine rings is 1. The molecule has 1 aliphatic carbocycles. The van der Waals surface area contributed by atoms with Crippen LogP contribution in [-0.2, 0) is 0 Å². The van der Waals surface area contributed by atoms with Gasteiger partial charge in [-0.25, -0.2) is 4.39 Å². The third-order valence-corrected chi connectivity index (χ3v) is 4.91. The Labute approximate surface area is 131 Å². The van der Waals surface area contributed by atoms with Gasteiger partial charge in [-0.3, -0.25) is 4.98 Å². The summed E-state index contributed by atoms with van der Waals surface area (Å²) in [4.78, 5) is 4.08. The fourth-order valence-electron chi connectivity index (χ4n) is 3.52. The maximum atomic E-state index is 14.3. The van der Waals surface area contributed by atoms with Crippen LogP contribution in [0.2, 0.25) is 0 Å². The van der Waals surface area contributed by atoms with E-state index in [1.54, 1.807) is 12.4 Å². The molecule has 1 aliphatic heterocycles. The molecule has 0 bridgehead atoms. The van der Waals surface area contributed by atoms with E-state index in [1.807, 2.05) is 18.2 Å². The van der Waals surface area contributed by atoms with Crippen molar-refractivity contribution in [3.8, 4) is 0 Å². The number of hydrogen-bond donors (Lipinski definition) is 1. The minimum Gasteiger partial charge on any atom is -0.375 e. The molecule has 2 aromatic rings. The summed E-state index contributed by atoms with van der Waals surface area (Å²) < 4.78 is 15.1. The molecule has 4 rings (SSSR count). The molecule has 0 saturated carbocycles. The lowest BCUT2D eigenvalue weighted by Gasteiger charge is -2.37. The second-order valence-corrected chi connectivity index (χ2v) is 6.52. The Balaban J connectivity index is 1.84. The lowest BCUT2D eigenvalue weighted by molar-refractivity contribution is 0.420. The molecule has 4 heteroatoms. The van der Waals surface area contributed by atoms with E-state index in [9.17, 15) is 4.39 Å². The van der Waals surface area contributed by atoms with E-state index in [2.05, 4.69) is 38.4 Å². The smallest absolute Gasteiger partial charge is 0.147 e. The zero-order valence-corrected chi connectivity index (χ0v) is 12.8. The number of nitrogens with zero attached hydrogens (tertiary/aromatic N) is 1. The van der Waals surface area contributed by atoms with Crippen LogP contribution in [0, 0.1) is 11.7 Å². The number of halogens is 2. The largest absolute Gasteiger partial charge is 0.375 e. The van der Waals surface area contributed by atoms with Crippen molar-refractivity contribution in [2.75, 3.05) is 5.32 Å². The fraction of sp³-hybridized carbons (Fsp3) is 0.235. The Morgan fingerprint density at radius 2 is 2.05 bits per heavy atom. The van der Waals surface area contributed by atoms with Gasteiger partial charge in [0.05, 0.1) is 11.7 Å². The van der Waals surface area contributed by atoms with Crippen LogP contribution in [0.3, 0.4) is 0 Å². The Bertz CT molecular complexity index is 714. The van der Waals surface area contributed by atoms with Crippen LogP contribution >= 0.6 is 15.9 Å². The molecule has 2 aliphatic rings. The van der Waals surface area contributed by atoms with E-state index in [4.69, 9.17) is 0 Å². The van der Waals surface area contributed by atoms with Crippen LogP contribution in [0.15, 0.2) is 53.3 Å². The Morgan fingerprint density at radius 3 is 2.86 bits per heavy atom. The third kappa shape index (κ3) is 2.09. The summed E-state index contributed by atoms with van der Waals surface area (Å²) in [6, 6.07) is 7.69. The molecule has 2 heterocycles. The van der Waals surface area contributed by atoms with Crippen molar-refractivity contribution in [3.63, 3.8) is 0 Å². The first-order chi connectivity index (χ1) is 10.2. The highest BCUT2D eigenvalue weighted by atomic mass is 79.9. The predicted molar refractivity (Wildman–Crippen MR) is 84.7 cm³/mol. The summed E-state index contributed by atoms with van der Waals surface area (Å²) in [6.45, 7) is 0. The van der Waals surface area contributed by atoms with Crippen LogP contribution < -0.4 is 5.32 Å². The van der Waals surface area contributed by atoms with Gasteiger partial charge in [-0.2, -0.15) is 0 Å². The number of rotatable bonds is 1. The van der Waals surface area contributed by atoms with E-state index in [0.717, 1.165) is 22.0 Å². The van der Waals surface area contributed by atoms with Crippen LogP contribution in [0.1, 0.15) is 29.5 Å². The molecule has 106 valence electrons. The monoisotopic (exact) mass is 344 g/mol. The minimum atomic E-state index is -0.197. The zero-order valence-electron chi connectivity index (χ0n) is 11.3. The molecule has 0 spiro atoms. The summed E-state index contributed by atoms with van der Waals surface area (Å²) in [6.07, 6.45) is 9.02. The van der Waals surface area contributed by atoms with Crippen LogP contribution in [-0.4, -0.2) is 4.98 Å². The second kappa shape index (κ2) is 4.95. The molecule has 2 nitrogen and oxygen atoms in total. The average molecular weight is 345 g/mol. The van der Waals surface area contributed by atoms with Crippen molar-refractivity contribution in [1.82, 2.24) is 4.98 Å². The lowest BCUT2D eigenvalue weighted by atomic mass is 9.77. The summed E-state index contributed by atoms with van der Waals surface area (Å²) in [5.41, 5.74) is 2.84. The lowest BCUT2D eigenvalue weighted by Crippen LogP contribution is -2.29. The maximum absolute atomic E-state index is 14.3. The Kier molecular flexibility index (Phi) is 3.07. The molecule has 0 saturated heterocycles. The molecule has 21 heavy (non-hydrogen) atoms. The van der Waals surface area contributed by atoms with Crippen LogP contribution in [0.25, 0.3) is 0 Å². The Hall–Kier alpha value is -1.68. The number of nitrogens with one attached hydrogen (secondary N) is 1. The normalized spacial score (nSPS) is 26.1. The number of benzene rings is 1. The van der Waals surface area contributed by atoms with Gasteiger partial charge < -0.3 is 5.32 Å². The van der Waals surface area contributed by atoms with Gasteiger partial charge in [0, 0.05) is 22.8 Å². The van der Waals surface area contributed by atoms with E-state index >= 15 is 0 Å². The molecule has 1 aromatic carbocycles. The molecule has 0 fully saturated rings. The van der Waals surface area contributed by atoms with Crippen molar-refractivity contribution in [1.29, 1.82) is 0 Å². The summed E-state index contributed by atoms with van der Waals surface area (Å²) in [5.74, 6) is 0.497. The summed E-state index contributed by atoms with van der Waals surface area (Å²) in [7, 11) is 0. The Morgan fingerprint density at radius 1 is 1.24 bits per heavy atom. The van der Waals surface area contributed by atoms with E-state index in [1.165, 1.54) is 6.07 Å². The van der Waals surface area contributed by atoms with Gasteiger partial charge in [-0.05, 0) is 47.7 Å². The standard InChI is InChI=1S/C17H14BrFN2/c18-11-8-14-12-2-1-3-13(12)16(10-4-6-20-7-5-10)21-17(14)15(19)9-11/h1-2,4-9,12-13,16,21H,3H2/t12-,13+,16-/m1/s1. The van der Waals surface area contributed by atoms with Crippen molar-refractivity contribution < 1.29 is 4.39 Å². The molecular weight excluding hydrogens is 331 g/mol. The highest BCUT2D eigenvalue weighted by Crippen LogP contribution is 2.50. The molecule has 0 unspecified atom stereocenters. The van der Waals surface area contributed by atoms with Gasteiger partial charge in [0.1, 0.15) is 5.82 Å². The topological polar surface area (TPSA) is 24.9 Å². The maximum Gasteiger partial charge on any atom is 0.147 e. The second-order valence-electron chi connectivity index (χ2n) is 5.61. The van der Waals surface area contributed by atoms with Crippen molar-refractivity contribution in [2.45, 2.75) is 18.4 Å². The van der Waals surface area contributed by atoms with E-state index < -0.39 is 0 Å². The van der Waals surface area contributed by atoms with Gasteiger partial charge in [-0.1, -0.05) is 28.1 Å². The van der Waals surface area contributed by atoms with E-state index in [0.29, 0.717) is 11.6 Å². The van der Waals surface area contributed by atoms with Crippen molar-refractivity contribution in [2.24, 2.45) is 5.92 Å². The van der Waals surface area contributed by atoms with E-state index in [-0.39, 0.29) is 17.8 Å². The number of aromatic nitrogens is 1. The third-order valence-electron chi connectivity index (χ3n) is 4.45. The SMILES string of the molecule is Fc1cc(Br)cc2c1N[C@H](c1ccncc1)[C@H]1CC=C[C@@H]21. The number of allylic oxidation sites excluding steroid dienone is 2. The van der Waals surface area contributed by atoms with Crippen molar-refractivity contribution >= 4 is 21.6 Å². The summed E-state index contributed by atoms with van der Waals surface area (Å²) >= 11 is 3.40. The summed E-state index contributed by atoms with van der Waals surface area (Å²) in [5, 5.41) is 3.42.